The zero-order chi connectivity index (χ0) is 17.3. The van der Waals surface area contributed by atoms with E-state index in [1.165, 1.54) is 62.5 Å². The van der Waals surface area contributed by atoms with Gasteiger partial charge >= 0.3 is 0 Å². The summed E-state index contributed by atoms with van der Waals surface area (Å²) in [7, 11) is 0. The molecule has 134 valence electrons. The van der Waals surface area contributed by atoms with Gasteiger partial charge in [-0.25, -0.2) is 0 Å². The van der Waals surface area contributed by atoms with Crippen LogP contribution in [0.25, 0.3) is 0 Å². The van der Waals surface area contributed by atoms with Crippen LogP contribution >= 0.6 is 0 Å². The predicted molar refractivity (Wildman–Crippen MR) is 103 cm³/mol. The van der Waals surface area contributed by atoms with Gasteiger partial charge in [0.1, 0.15) is 0 Å². The Bertz CT molecular complexity index is 540. The fraction of sp³-hybridized carbons (Fsp3) is 0.739. The third-order valence-electron chi connectivity index (χ3n) is 7.60. The summed E-state index contributed by atoms with van der Waals surface area (Å²) in [6.07, 6.45) is 15.2. The van der Waals surface area contributed by atoms with Gasteiger partial charge in [0, 0.05) is 6.61 Å². The summed E-state index contributed by atoms with van der Waals surface area (Å²) in [5.74, 6) is 2.52. The van der Waals surface area contributed by atoms with Crippen molar-refractivity contribution in [2.45, 2.75) is 72.1 Å². The second-order valence-corrected chi connectivity index (χ2v) is 9.01. The van der Waals surface area contributed by atoms with E-state index < -0.39 is 0 Å². The summed E-state index contributed by atoms with van der Waals surface area (Å²) < 4.78 is 0. The van der Waals surface area contributed by atoms with E-state index in [0.29, 0.717) is 29.8 Å². The van der Waals surface area contributed by atoms with Gasteiger partial charge in [-0.15, -0.1) is 0 Å². The monoisotopic (exact) mass is 328 g/mol. The molecule has 5 atom stereocenters. The van der Waals surface area contributed by atoms with E-state index in [1.807, 2.05) is 0 Å². The van der Waals surface area contributed by atoms with Crippen LogP contribution in [0, 0.1) is 29.1 Å². The normalized spacial score (nSPS) is 41.7. The van der Waals surface area contributed by atoms with Crippen molar-refractivity contribution in [1.82, 2.24) is 0 Å². The average Bonchev–Trinajstić information content (AvgIpc) is 2.93. The maximum atomic E-state index is 9.66. The average molecular weight is 329 g/mol. The molecule has 5 unspecified atom stereocenters. The Balaban J connectivity index is 1.81. The first-order valence-corrected chi connectivity index (χ1v) is 10.2. The molecule has 3 rings (SSSR count). The van der Waals surface area contributed by atoms with Gasteiger partial charge in [0.2, 0.25) is 0 Å². The number of aliphatic hydroxyl groups excluding tert-OH is 1. The van der Waals surface area contributed by atoms with Crippen LogP contribution in [0.5, 0.6) is 0 Å². The van der Waals surface area contributed by atoms with Gasteiger partial charge < -0.3 is 5.11 Å². The van der Waals surface area contributed by atoms with E-state index in [9.17, 15) is 5.11 Å². The molecular formula is C23H36O. The van der Waals surface area contributed by atoms with Gasteiger partial charge in [-0.05, 0) is 91.6 Å². The lowest BCUT2D eigenvalue weighted by atomic mass is 9.61. The minimum Gasteiger partial charge on any atom is -0.396 e. The largest absolute Gasteiger partial charge is 0.396 e. The maximum absolute atomic E-state index is 9.66. The van der Waals surface area contributed by atoms with Crippen LogP contribution in [0.4, 0.5) is 0 Å². The Labute approximate surface area is 148 Å². The minimum atomic E-state index is 0.341. The number of hydrogen-bond donors (Lipinski definition) is 1. The molecule has 0 aromatic heterocycles. The van der Waals surface area contributed by atoms with Gasteiger partial charge in [0.05, 0.1) is 0 Å². The Morgan fingerprint density at radius 3 is 2.75 bits per heavy atom. The molecule has 0 aliphatic heterocycles. The van der Waals surface area contributed by atoms with Crippen molar-refractivity contribution in [1.29, 1.82) is 0 Å². The number of fused-ring (bicyclic) bond motifs is 1. The second kappa shape index (κ2) is 7.20. The van der Waals surface area contributed by atoms with Gasteiger partial charge in [-0.1, -0.05) is 45.1 Å². The molecule has 0 heterocycles. The topological polar surface area (TPSA) is 20.2 Å². The van der Waals surface area contributed by atoms with Crippen molar-refractivity contribution >= 4 is 0 Å². The fourth-order valence-electron chi connectivity index (χ4n) is 5.99. The van der Waals surface area contributed by atoms with Crippen LogP contribution in [-0.2, 0) is 0 Å². The van der Waals surface area contributed by atoms with Crippen LogP contribution < -0.4 is 0 Å². The van der Waals surface area contributed by atoms with Crippen molar-refractivity contribution in [2.75, 3.05) is 6.61 Å². The third-order valence-corrected chi connectivity index (χ3v) is 7.60. The summed E-state index contributed by atoms with van der Waals surface area (Å²) in [5.41, 5.74) is 4.94. The molecule has 24 heavy (non-hydrogen) atoms. The van der Waals surface area contributed by atoms with Crippen molar-refractivity contribution in [2.24, 2.45) is 29.1 Å². The highest BCUT2D eigenvalue weighted by Gasteiger charge is 2.50. The summed E-state index contributed by atoms with van der Waals surface area (Å²) >= 11 is 0. The van der Waals surface area contributed by atoms with Crippen molar-refractivity contribution < 1.29 is 5.11 Å². The van der Waals surface area contributed by atoms with Crippen molar-refractivity contribution in [3.8, 4) is 0 Å². The molecule has 1 nitrogen and oxygen atoms in total. The van der Waals surface area contributed by atoms with Crippen LogP contribution in [-0.4, -0.2) is 11.7 Å². The van der Waals surface area contributed by atoms with E-state index in [2.05, 4.69) is 39.5 Å². The molecule has 0 aromatic carbocycles. The van der Waals surface area contributed by atoms with Crippen LogP contribution in [0.1, 0.15) is 72.1 Å². The molecule has 3 aliphatic rings. The summed E-state index contributed by atoms with van der Waals surface area (Å²) in [4.78, 5) is 0. The van der Waals surface area contributed by atoms with E-state index in [0.717, 1.165) is 5.92 Å². The Hall–Kier alpha value is -0.820. The summed E-state index contributed by atoms with van der Waals surface area (Å²) in [6.45, 7) is 11.7. The molecule has 1 N–H and O–H groups in total. The highest BCUT2D eigenvalue weighted by atomic mass is 16.3. The summed E-state index contributed by atoms with van der Waals surface area (Å²) in [5, 5.41) is 9.66. The highest BCUT2D eigenvalue weighted by Crippen LogP contribution is 2.59. The molecule has 1 heteroatoms. The number of aliphatic hydroxyl groups is 1. The maximum Gasteiger partial charge on any atom is 0.0459 e. The van der Waals surface area contributed by atoms with Crippen molar-refractivity contribution in [3.63, 3.8) is 0 Å². The number of hydrogen-bond acceptors (Lipinski definition) is 1. The summed E-state index contributed by atoms with van der Waals surface area (Å²) in [6, 6.07) is 0. The fourth-order valence-corrected chi connectivity index (χ4v) is 5.99. The first kappa shape index (κ1) is 18.0. The molecule has 3 saturated carbocycles. The van der Waals surface area contributed by atoms with Crippen LogP contribution in [0.15, 0.2) is 35.5 Å². The molecule has 0 radical (unpaired) electrons. The Morgan fingerprint density at radius 2 is 2.00 bits per heavy atom. The first-order valence-electron chi connectivity index (χ1n) is 10.2. The molecule has 0 bridgehead atoms. The van der Waals surface area contributed by atoms with E-state index in [4.69, 9.17) is 0 Å². The Morgan fingerprint density at radius 1 is 1.21 bits per heavy atom. The molecule has 0 amide bonds. The number of allylic oxidation sites excluding steroid dienone is 5. The molecule has 3 fully saturated rings. The first-order chi connectivity index (χ1) is 11.5. The Kier molecular flexibility index (Phi) is 5.39. The molecule has 0 spiro atoms. The van der Waals surface area contributed by atoms with Crippen LogP contribution in [0.2, 0.25) is 0 Å². The zero-order valence-electron chi connectivity index (χ0n) is 16.0. The number of rotatable bonds is 3. The minimum absolute atomic E-state index is 0.341. The third kappa shape index (κ3) is 3.17. The lowest BCUT2D eigenvalue weighted by Crippen LogP contribution is -2.36. The van der Waals surface area contributed by atoms with Gasteiger partial charge in [-0.2, -0.15) is 0 Å². The predicted octanol–water partition coefficient (Wildman–Crippen LogP) is 6.06. The lowest BCUT2D eigenvalue weighted by molar-refractivity contribution is 0.0690. The molecule has 0 aromatic rings. The van der Waals surface area contributed by atoms with Gasteiger partial charge in [0.25, 0.3) is 0 Å². The van der Waals surface area contributed by atoms with Gasteiger partial charge in [-0.3, -0.25) is 0 Å². The van der Waals surface area contributed by atoms with E-state index >= 15 is 0 Å². The second-order valence-electron chi connectivity index (χ2n) is 9.01. The van der Waals surface area contributed by atoms with E-state index in [1.54, 1.807) is 5.57 Å². The van der Waals surface area contributed by atoms with Crippen molar-refractivity contribution in [3.05, 3.63) is 35.5 Å². The van der Waals surface area contributed by atoms with E-state index in [-0.39, 0.29) is 0 Å². The molecular weight excluding hydrogens is 292 g/mol. The lowest BCUT2D eigenvalue weighted by Gasteiger charge is -2.44. The zero-order valence-corrected chi connectivity index (χ0v) is 16.0. The molecule has 0 saturated heterocycles. The molecule has 3 aliphatic carbocycles. The highest BCUT2D eigenvalue weighted by molar-refractivity contribution is 5.36. The van der Waals surface area contributed by atoms with Crippen LogP contribution in [0.3, 0.4) is 0 Å². The van der Waals surface area contributed by atoms with Gasteiger partial charge in [0.15, 0.2) is 0 Å². The smallest absolute Gasteiger partial charge is 0.0459 e. The standard InChI is InChI=1S/C23H36O/c1-16-7-5-8-19(18(16)3)10-11-20-9-6-14-23(4)21(17(2)15-24)12-13-22(20)23/h10-11,16-17,21-22,24H,3,5-9,12-15H2,1-2,4H3. The quantitative estimate of drug-likeness (QED) is 0.667. The SMILES string of the molecule is C=C1C(=CC=C2CCCC3(C)C2CCC3C(C)CO)CCCC1C.